The molecule has 1 aromatic carbocycles. The molecule has 102 valence electrons. The van der Waals surface area contributed by atoms with Gasteiger partial charge in [0.15, 0.2) is 0 Å². The predicted octanol–water partition coefficient (Wildman–Crippen LogP) is 3.87. The minimum atomic E-state index is -0.268. The molecule has 0 aliphatic carbocycles. The van der Waals surface area contributed by atoms with E-state index >= 15 is 0 Å². The molecule has 1 heterocycles. The maximum absolute atomic E-state index is 14.0. The molecule has 19 heavy (non-hydrogen) atoms. The first-order valence-corrected chi connectivity index (χ1v) is 6.89. The lowest BCUT2D eigenvalue weighted by molar-refractivity contribution is 0.424. The third-order valence-corrected chi connectivity index (χ3v) is 3.22. The van der Waals surface area contributed by atoms with Crippen LogP contribution in [0, 0.1) is 5.82 Å². The maximum Gasteiger partial charge on any atom is 0.133 e. The minimum absolute atomic E-state index is 0.00675. The van der Waals surface area contributed by atoms with Crippen LogP contribution in [0.5, 0.6) is 0 Å². The molecule has 0 atom stereocenters. The van der Waals surface area contributed by atoms with E-state index in [2.05, 4.69) is 52.2 Å². The molecule has 2 rings (SSSR count). The van der Waals surface area contributed by atoms with Crippen molar-refractivity contribution in [3.05, 3.63) is 40.2 Å². The second kappa shape index (κ2) is 5.43. The van der Waals surface area contributed by atoms with Crippen LogP contribution in [0.3, 0.4) is 0 Å². The normalized spacial score (nSPS) is 11.8. The molecule has 0 fully saturated rings. The highest BCUT2D eigenvalue weighted by Crippen LogP contribution is 2.26. The molecule has 2 aromatic rings. The van der Waals surface area contributed by atoms with Gasteiger partial charge in [-0.1, -0.05) is 15.9 Å². The highest BCUT2D eigenvalue weighted by molar-refractivity contribution is 9.10. The summed E-state index contributed by atoms with van der Waals surface area (Å²) in [5.74, 6) is -0.268. The first-order chi connectivity index (χ1) is 8.87. The minimum Gasteiger partial charge on any atom is -0.308 e. The number of rotatable bonds is 3. The van der Waals surface area contributed by atoms with Gasteiger partial charge in [0.05, 0.1) is 11.9 Å². The van der Waals surface area contributed by atoms with Gasteiger partial charge in [0, 0.05) is 27.7 Å². The molecule has 5 heteroatoms. The Hall–Kier alpha value is -1.20. The number of benzene rings is 1. The van der Waals surface area contributed by atoms with Crippen LogP contribution in [0.15, 0.2) is 28.9 Å². The van der Waals surface area contributed by atoms with E-state index in [9.17, 15) is 4.39 Å². The van der Waals surface area contributed by atoms with E-state index in [1.165, 1.54) is 6.07 Å². The van der Waals surface area contributed by atoms with Gasteiger partial charge in [-0.25, -0.2) is 4.39 Å². The third kappa shape index (κ3) is 3.64. The Bertz CT molecular complexity index is 572. The smallest absolute Gasteiger partial charge is 0.133 e. The maximum atomic E-state index is 14.0. The lowest BCUT2D eigenvalue weighted by Gasteiger charge is -2.20. The Morgan fingerprint density at radius 2 is 2.11 bits per heavy atom. The van der Waals surface area contributed by atoms with E-state index in [0.717, 1.165) is 15.7 Å². The molecule has 0 radical (unpaired) electrons. The van der Waals surface area contributed by atoms with Crippen molar-refractivity contribution in [3.8, 4) is 11.3 Å². The second-order valence-electron chi connectivity index (χ2n) is 5.50. The Morgan fingerprint density at radius 3 is 2.74 bits per heavy atom. The lowest BCUT2D eigenvalue weighted by Crippen LogP contribution is -2.35. The number of hydrogen-bond donors (Lipinski definition) is 2. The Morgan fingerprint density at radius 1 is 1.37 bits per heavy atom. The molecule has 0 saturated carbocycles. The predicted molar refractivity (Wildman–Crippen MR) is 78.3 cm³/mol. The molecule has 0 aliphatic rings. The van der Waals surface area contributed by atoms with E-state index in [4.69, 9.17) is 0 Å². The zero-order chi connectivity index (χ0) is 14.0. The van der Waals surface area contributed by atoms with Crippen molar-refractivity contribution in [1.82, 2.24) is 15.5 Å². The Labute approximate surface area is 120 Å². The van der Waals surface area contributed by atoms with Crippen LogP contribution in [-0.4, -0.2) is 15.7 Å². The number of aromatic nitrogens is 2. The van der Waals surface area contributed by atoms with Crippen molar-refractivity contribution in [3.63, 3.8) is 0 Å². The van der Waals surface area contributed by atoms with E-state index < -0.39 is 0 Å². The molecule has 0 spiro atoms. The van der Waals surface area contributed by atoms with Gasteiger partial charge in [0.1, 0.15) is 5.82 Å². The highest BCUT2D eigenvalue weighted by atomic mass is 79.9. The topological polar surface area (TPSA) is 40.7 Å². The summed E-state index contributed by atoms with van der Waals surface area (Å²) in [6.07, 6.45) is 1.73. The number of hydrogen-bond acceptors (Lipinski definition) is 2. The number of halogens is 2. The second-order valence-corrected chi connectivity index (χ2v) is 6.41. The largest absolute Gasteiger partial charge is 0.308 e. The first-order valence-electron chi connectivity index (χ1n) is 6.09. The molecule has 0 aliphatic heterocycles. The first kappa shape index (κ1) is 14.2. The van der Waals surface area contributed by atoms with Crippen molar-refractivity contribution in [1.29, 1.82) is 0 Å². The van der Waals surface area contributed by atoms with Crippen molar-refractivity contribution in [2.45, 2.75) is 32.9 Å². The molecule has 1 aromatic heterocycles. The summed E-state index contributed by atoms with van der Waals surface area (Å²) < 4.78 is 14.7. The molecule has 0 amide bonds. The van der Waals surface area contributed by atoms with Gasteiger partial charge >= 0.3 is 0 Å². The molecule has 0 saturated heterocycles. The van der Waals surface area contributed by atoms with Gasteiger partial charge < -0.3 is 5.32 Å². The third-order valence-electron chi connectivity index (χ3n) is 2.73. The highest BCUT2D eigenvalue weighted by Gasteiger charge is 2.15. The summed E-state index contributed by atoms with van der Waals surface area (Å²) in [6.45, 7) is 6.91. The quantitative estimate of drug-likeness (QED) is 0.899. The van der Waals surface area contributed by atoms with Crippen molar-refractivity contribution >= 4 is 15.9 Å². The molecular formula is C14H17BrFN3. The van der Waals surface area contributed by atoms with Gasteiger partial charge in [-0.3, -0.25) is 5.10 Å². The summed E-state index contributed by atoms with van der Waals surface area (Å²) in [7, 11) is 0. The van der Waals surface area contributed by atoms with E-state index in [0.29, 0.717) is 12.1 Å². The SMILES string of the molecule is CC(C)(C)NCc1cn[nH]c1-c1ccc(Br)cc1F. The number of H-pyrrole nitrogens is 1. The Balaban J connectivity index is 2.28. The molecule has 3 nitrogen and oxygen atoms in total. The van der Waals surface area contributed by atoms with E-state index in [-0.39, 0.29) is 11.4 Å². The summed E-state index contributed by atoms with van der Waals surface area (Å²) >= 11 is 3.26. The van der Waals surface area contributed by atoms with Crippen LogP contribution in [0.2, 0.25) is 0 Å². The van der Waals surface area contributed by atoms with E-state index in [1.54, 1.807) is 12.3 Å². The average Bonchev–Trinajstić information content (AvgIpc) is 2.73. The van der Waals surface area contributed by atoms with Crippen LogP contribution in [0.4, 0.5) is 4.39 Å². The standard InChI is InChI=1S/C14H17BrFN3/c1-14(2,3)17-7-9-8-18-19-13(9)11-5-4-10(15)6-12(11)16/h4-6,8,17H,7H2,1-3H3,(H,18,19). The van der Waals surface area contributed by atoms with Crippen LogP contribution < -0.4 is 5.32 Å². The van der Waals surface area contributed by atoms with Gasteiger partial charge in [-0.05, 0) is 39.0 Å². The van der Waals surface area contributed by atoms with Gasteiger partial charge in [0.25, 0.3) is 0 Å². The summed E-state index contributed by atoms with van der Waals surface area (Å²) in [4.78, 5) is 0. The summed E-state index contributed by atoms with van der Waals surface area (Å²) in [5, 5.41) is 10.3. The molecule has 0 unspecified atom stereocenters. The molecule has 0 bridgehead atoms. The zero-order valence-electron chi connectivity index (χ0n) is 11.2. The van der Waals surface area contributed by atoms with Crippen LogP contribution >= 0.6 is 15.9 Å². The summed E-state index contributed by atoms with van der Waals surface area (Å²) in [6, 6.07) is 5.02. The summed E-state index contributed by atoms with van der Waals surface area (Å²) in [5.41, 5.74) is 2.22. The zero-order valence-corrected chi connectivity index (χ0v) is 12.8. The fourth-order valence-electron chi connectivity index (χ4n) is 1.73. The van der Waals surface area contributed by atoms with Crippen LogP contribution in [-0.2, 0) is 6.54 Å². The lowest BCUT2D eigenvalue weighted by atomic mass is 10.1. The molecule has 2 N–H and O–H groups in total. The fraction of sp³-hybridized carbons (Fsp3) is 0.357. The van der Waals surface area contributed by atoms with Gasteiger partial charge in [-0.15, -0.1) is 0 Å². The average molecular weight is 326 g/mol. The fourth-order valence-corrected chi connectivity index (χ4v) is 2.06. The molecular weight excluding hydrogens is 309 g/mol. The van der Waals surface area contributed by atoms with Crippen LogP contribution in [0.25, 0.3) is 11.3 Å². The monoisotopic (exact) mass is 325 g/mol. The number of nitrogens with zero attached hydrogens (tertiary/aromatic N) is 1. The van der Waals surface area contributed by atoms with Crippen LogP contribution in [0.1, 0.15) is 26.3 Å². The number of nitrogens with one attached hydrogen (secondary N) is 2. The van der Waals surface area contributed by atoms with E-state index in [1.807, 2.05) is 6.07 Å². The van der Waals surface area contributed by atoms with Crippen molar-refractivity contribution in [2.24, 2.45) is 0 Å². The van der Waals surface area contributed by atoms with Crippen molar-refractivity contribution in [2.75, 3.05) is 0 Å². The van der Waals surface area contributed by atoms with Gasteiger partial charge in [-0.2, -0.15) is 5.10 Å². The number of aromatic amines is 1. The Kier molecular flexibility index (Phi) is 4.06. The van der Waals surface area contributed by atoms with Gasteiger partial charge in [0.2, 0.25) is 0 Å². The van der Waals surface area contributed by atoms with Crippen molar-refractivity contribution < 1.29 is 4.39 Å².